The number of fused-ring (bicyclic) bond motifs is 1. The zero-order valence-corrected chi connectivity index (χ0v) is 15.5. The molecule has 7 heteroatoms. The van der Waals surface area contributed by atoms with Gasteiger partial charge in [-0.05, 0) is 49.4 Å². The lowest BCUT2D eigenvalue weighted by Crippen LogP contribution is -2.12. The molecule has 0 aliphatic heterocycles. The van der Waals surface area contributed by atoms with Gasteiger partial charge in [-0.3, -0.25) is 9.89 Å². The Kier molecular flexibility index (Phi) is 4.63. The van der Waals surface area contributed by atoms with Gasteiger partial charge in [0.1, 0.15) is 11.6 Å². The summed E-state index contributed by atoms with van der Waals surface area (Å²) in [6, 6.07) is 16.4. The first-order valence-corrected chi connectivity index (χ1v) is 8.77. The average Bonchev–Trinajstić information content (AvgIpc) is 3.11. The molecule has 0 saturated heterocycles. The Morgan fingerprint density at radius 2 is 1.86 bits per heavy atom. The Morgan fingerprint density at radius 3 is 2.64 bits per heavy atom. The van der Waals surface area contributed by atoms with Gasteiger partial charge in [-0.2, -0.15) is 5.10 Å². The van der Waals surface area contributed by atoms with Gasteiger partial charge in [0, 0.05) is 17.4 Å². The zero-order chi connectivity index (χ0) is 19.5. The minimum absolute atomic E-state index is 0.207. The number of rotatable bonds is 5. The number of H-pyrrole nitrogens is 1. The lowest BCUT2D eigenvalue weighted by Gasteiger charge is -2.11. The van der Waals surface area contributed by atoms with Crippen molar-refractivity contribution in [3.8, 4) is 5.75 Å². The van der Waals surface area contributed by atoms with Gasteiger partial charge < -0.3 is 15.4 Å². The third-order valence-electron chi connectivity index (χ3n) is 4.42. The highest BCUT2D eigenvalue weighted by atomic mass is 16.5. The number of aromatic amines is 1. The van der Waals surface area contributed by atoms with Gasteiger partial charge in [0.15, 0.2) is 0 Å². The number of aromatic nitrogens is 3. The Balaban J connectivity index is 1.52. The molecular weight excluding hydrogens is 354 g/mol. The first kappa shape index (κ1) is 17.5. The molecule has 0 spiro atoms. The van der Waals surface area contributed by atoms with Crippen molar-refractivity contribution in [2.45, 2.75) is 6.92 Å². The molecule has 2 aromatic carbocycles. The van der Waals surface area contributed by atoms with E-state index in [1.54, 1.807) is 37.6 Å². The molecule has 0 aliphatic rings. The maximum absolute atomic E-state index is 12.5. The van der Waals surface area contributed by atoms with E-state index in [0.29, 0.717) is 17.0 Å². The van der Waals surface area contributed by atoms with Crippen LogP contribution < -0.4 is 15.4 Å². The molecule has 3 N–H and O–H groups in total. The van der Waals surface area contributed by atoms with Crippen LogP contribution in [0.5, 0.6) is 5.75 Å². The van der Waals surface area contributed by atoms with Crippen molar-refractivity contribution in [1.29, 1.82) is 0 Å². The highest BCUT2D eigenvalue weighted by Crippen LogP contribution is 2.26. The van der Waals surface area contributed by atoms with Crippen molar-refractivity contribution < 1.29 is 9.53 Å². The molecule has 0 radical (unpaired) electrons. The van der Waals surface area contributed by atoms with Crippen molar-refractivity contribution >= 4 is 34.0 Å². The standard InChI is InChI=1S/C21H19N5O2/c1-13-19-17(26-25-13)11-12-22-20(19)23-15-9-7-14(8-10-15)21(27)24-16-5-3-4-6-18(16)28-2/h3-12H,1-2H3,(H,22,23)(H,24,27)(H,25,26). The molecule has 1 amide bonds. The van der Waals surface area contributed by atoms with E-state index in [-0.39, 0.29) is 5.91 Å². The maximum atomic E-state index is 12.5. The fourth-order valence-corrected chi connectivity index (χ4v) is 3.00. The first-order valence-electron chi connectivity index (χ1n) is 8.77. The number of nitrogens with one attached hydrogen (secondary N) is 3. The van der Waals surface area contributed by atoms with E-state index >= 15 is 0 Å². The van der Waals surface area contributed by atoms with Gasteiger partial charge >= 0.3 is 0 Å². The molecule has 0 saturated carbocycles. The molecule has 0 fully saturated rings. The van der Waals surface area contributed by atoms with Crippen molar-refractivity contribution in [3.63, 3.8) is 0 Å². The van der Waals surface area contributed by atoms with Gasteiger partial charge in [0.25, 0.3) is 5.91 Å². The number of carbonyl (C=O) groups is 1. The molecular formula is C21H19N5O2. The second kappa shape index (κ2) is 7.40. The maximum Gasteiger partial charge on any atom is 0.255 e. The van der Waals surface area contributed by atoms with E-state index in [4.69, 9.17) is 4.74 Å². The normalized spacial score (nSPS) is 10.6. The van der Waals surface area contributed by atoms with Gasteiger partial charge in [-0.15, -0.1) is 0 Å². The number of anilines is 3. The summed E-state index contributed by atoms with van der Waals surface area (Å²) in [5.41, 5.74) is 3.79. The van der Waals surface area contributed by atoms with Crippen LogP contribution in [0, 0.1) is 6.92 Å². The SMILES string of the molecule is COc1ccccc1NC(=O)c1ccc(Nc2nccc3[nH]nc(C)c23)cc1. The second-order valence-electron chi connectivity index (χ2n) is 6.25. The smallest absolute Gasteiger partial charge is 0.255 e. The number of carbonyl (C=O) groups excluding carboxylic acids is 1. The van der Waals surface area contributed by atoms with Gasteiger partial charge in [-0.1, -0.05) is 12.1 Å². The first-order chi connectivity index (χ1) is 13.7. The number of hydrogen-bond donors (Lipinski definition) is 3. The Bertz CT molecular complexity index is 1140. The van der Waals surface area contributed by atoms with Crippen LogP contribution in [0.25, 0.3) is 10.9 Å². The van der Waals surface area contributed by atoms with Crippen LogP contribution >= 0.6 is 0 Å². The third kappa shape index (κ3) is 3.37. The number of methoxy groups -OCH3 is 1. The lowest BCUT2D eigenvalue weighted by atomic mass is 10.1. The Labute approximate surface area is 161 Å². The van der Waals surface area contributed by atoms with E-state index in [2.05, 4.69) is 25.8 Å². The summed E-state index contributed by atoms with van der Waals surface area (Å²) in [5, 5.41) is 14.3. The summed E-state index contributed by atoms with van der Waals surface area (Å²) < 4.78 is 5.27. The van der Waals surface area contributed by atoms with Crippen molar-refractivity contribution in [2.24, 2.45) is 0 Å². The van der Waals surface area contributed by atoms with Crippen LogP contribution in [0.1, 0.15) is 16.1 Å². The summed E-state index contributed by atoms with van der Waals surface area (Å²) in [5.74, 6) is 1.13. The predicted molar refractivity (Wildman–Crippen MR) is 109 cm³/mol. The monoisotopic (exact) mass is 373 g/mol. The van der Waals surface area contributed by atoms with Crippen LogP contribution in [0.15, 0.2) is 60.8 Å². The van der Waals surface area contributed by atoms with Gasteiger partial charge in [0.05, 0.1) is 29.4 Å². The minimum atomic E-state index is -0.207. The molecule has 7 nitrogen and oxygen atoms in total. The summed E-state index contributed by atoms with van der Waals surface area (Å²) in [7, 11) is 1.57. The highest BCUT2D eigenvalue weighted by molar-refractivity contribution is 6.05. The quantitative estimate of drug-likeness (QED) is 0.486. The Hall–Kier alpha value is -3.87. The number of nitrogens with zero attached hydrogens (tertiary/aromatic N) is 2. The molecule has 4 rings (SSSR count). The fraction of sp³-hybridized carbons (Fsp3) is 0.0952. The van der Waals surface area contributed by atoms with Crippen LogP contribution in [-0.2, 0) is 0 Å². The molecule has 2 heterocycles. The number of benzene rings is 2. The fourth-order valence-electron chi connectivity index (χ4n) is 3.00. The average molecular weight is 373 g/mol. The topological polar surface area (TPSA) is 91.9 Å². The summed E-state index contributed by atoms with van der Waals surface area (Å²) in [4.78, 5) is 16.9. The number of amides is 1. The molecule has 4 aromatic rings. The molecule has 0 atom stereocenters. The third-order valence-corrected chi connectivity index (χ3v) is 4.42. The van der Waals surface area contributed by atoms with Crippen molar-refractivity contribution in [3.05, 3.63) is 72.1 Å². The molecule has 0 bridgehead atoms. The summed E-state index contributed by atoms with van der Waals surface area (Å²) in [6.07, 6.45) is 1.72. The van der Waals surface area contributed by atoms with E-state index in [9.17, 15) is 4.79 Å². The number of ether oxygens (including phenoxy) is 1. The van der Waals surface area contributed by atoms with E-state index < -0.39 is 0 Å². The number of hydrogen-bond acceptors (Lipinski definition) is 5. The number of aryl methyl sites for hydroxylation is 1. The van der Waals surface area contributed by atoms with E-state index in [0.717, 1.165) is 28.1 Å². The lowest BCUT2D eigenvalue weighted by molar-refractivity contribution is 0.102. The van der Waals surface area contributed by atoms with Crippen LogP contribution in [-0.4, -0.2) is 28.2 Å². The van der Waals surface area contributed by atoms with Gasteiger partial charge in [0.2, 0.25) is 0 Å². The van der Waals surface area contributed by atoms with Gasteiger partial charge in [-0.25, -0.2) is 4.98 Å². The molecule has 2 aromatic heterocycles. The number of para-hydroxylation sites is 2. The predicted octanol–water partition coefficient (Wildman–Crippen LogP) is 4.27. The highest BCUT2D eigenvalue weighted by Gasteiger charge is 2.11. The Morgan fingerprint density at radius 1 is 1.07 bits per heavy atom. The van der Waals surface area contributed by atoms with Crippen LogP contribution in [0.4, 0.5) is 17.2 Å². The number of pyridine rings is 1. The largest absolute Gasteiger partial charge is 0.495 e. The minimum Gasteiger partial charge on any atom is -0.495 e. The van der Waals surface area contributed by atoms with Crippen LogP contribution in [0.3, 0.4) is 0 Å². The van der Waals surface area contributed by atoms with E-state index in [1.165, 1.54) is 0 Å². The molecule has 28 heavy (non-hydrogen) atoms. The molecule has 0 unspecified atom stereocenters. The summed E-state index contributed by atoms with van der Waals surface area (Å²) >= 11 is 0. The molecule has 0 aliphatic carbocycles. The van der Waals surface area contributed by atoms with Crippen molar-refractivity contribution in [2.75, 3.05) is 17.7 Å². The van der Waals surface area contributed by atoms with E-state index in [1.807, 2.05) is 37.3 Å². The van der Waals surface area contributed by atoms with Crippen molar-refractivity contribution in [1.82, 2.24) is 15.2 Å². The molecule has 140 valence electrons. The zero-order valence-electron chi connectivity index (χ0n) is 15.5. The second-order valence-corrected chi connectivity index (χ2v) is 6.25. The van der Waals surface area contributed by atoms with Crippen LogP contribution in [0.2, 0.25) is 0 Å². The summed E-state index contributed by atoms with van der Waals surface area (Å²) in [6.45, 7) is 1.93.